The van der Waals surface area contributed by atoms with Crippen molar-refractivity contribution < 1.29 is 33.8 Å². The highest BCUT2D eigenvalue weighted by Gasteiger charge is 2.24. The molecule has 0 radical (unpaired) electrons. The number of amides is 4. The van der Waals surface area contributed by atoms with Gasteiger partial charge >= 0.3 is 5.97 Å². The molecule has 176 valence electrons. The Bertz CT molecular complexity index is 857. The van der Waals surface area contributed by atoms with Crippen LogP contribution in [-0.4, -0.2) is 60.4 Å². The van der Waals surface area contributed by atoms with Crippen LogP contribution in [0.4, 0.5) is 5.69 Å². The molecule has 1 aromatic rings. The fourth-order valence-electron chi connectivity index (χ4n) is 2.80. The van der Waals surface area contributed by atoms with Crippen molar-refractivity contribution in [1.29, 1.82) is 0 Å². The van der Waals surface area contributed by atoms with E-state index in [0.29, 0.717) is 19.4 Å². The quantitative estimate of drug-likeness (QED) is 0.241. The first-order valence-corrected chi connectivity index (χ1v) is 10.1. The van der Waals surface area contributed by atoms with Crippen LogP contribution in [0.25, 0.3) is 0 Å². The average Bonchev–Trinajstić information content (AvgIpc) is 2.71. The minimum Gasteiger partial charge on any atom is -0.507 e. The van der Waals surface area contributed by atoms with Gasteiger partial charge in [0.15, 0.2) is 0 Å². The predicted molar refractivity (Wildman–Crippen MR) is 116 cm³/mol. The van der Waals surface area contributed by atoms with Gasteiger partial charge in [-0.3, -0.25) is 19.2 Å². The molecular weight excluding hydrogens is 420 g/mol. The van der Waals surface area contributed by atoms with E-state index in [4.69, 9.17) is 0 Å². The lowest BCUT2D eigenvalue weighted by molar-refractivity contribution is -0.130. The third kappa shape index (κ3) is 9.02. The molecule has 32 heavy (non-hydrogen) atoms. The second-order valence-corrected chi connectivity index (χ2v) is 7.17. The zero-order chi connectivity index (χ0) is 24.3. The van der Waals surface area contributed by atoms with Gasteiger partial charge in [-0.1, -0.05) is 0 Å². The van der Waals surface area contributed by atoms with Crippen LogP contribution in [0.5, 0.6) is 5.75 Å². The first-order chi connectivity index (χ1) is 15.0. The number of ether oxygens (including phenoxy) is 1. The summed E-state index contributed by atoms with van der Waals surface area (Å²) in [5.74, 6) is -2.72. The van der Waals surface area contributed by atoms with E-state index in [1.54, 1.807) is 0 Å². The SMILES string of the molecule is COC(=O)c1ccc(NC(=O)[C@H](CCCCNC(C)=O)NC(=O)[C@H](C)NC(C)=O)cc1O. The van der Waals surface area contributed by atoms with Gasteiger partial charge in [0, 0.05) is 32.1 Å². The van der Waals surface area contributed by atoms with Crippen molar-refractivity contribution in [2.24, 2.45) is 0 Å². The summed E-state index contributed by atoms with van der Waals surface area (Å²) in [6.45, 7) is 4.61. The number of unbranched alkanes of at least 4 members (excludes halogenated alkanes) is 1. The number of hydrogen-bond donors (Lipinski definition) is 5. The monoisotopic (exact) mass is 450 g/mol. The number of hydrogen-bond acceptors (Lipinski definition) is 7. The van der Waals surface area contributed by atoms with Gasteiger partial charge in [0.1, 0.15) is 23.4 Å². The number of carbonyl (C=O) groups is 5. The van der Waals surface area contributed by atoms with Crippen LogP contribution in [0.1, 0.15) is 50.4 Å². The molecule has 2 atom stereocenters. The van der Waals surface area contributed by atoms with E-state index < -0.39 is 29.9 Å². The number of anilines is 1. The third-order valence-corrected chi connectivity index (χ3v) is 4.41. The Kier molecular flexibility index (Phi) is 10.7. The third-order valence-electron chi connectivity index (χ3n) is 4.41. The topological polar surface area (TPSA) is 163 Å². The zero-order valence-electron chi connectivity index (χ0n) is 18.6. The molecule has 0 spiro atoms. The number of aromatic hydroxyl groups is 1. The Labute approximate surface area is 186 Å². The summed E-state index contributed by atoms with van der Waals surface area (Å²) in [6.07, 6.45) is 1.39. The van der Waals surface area contributed by atoms with Gasteiger partial charge in [0.25, 0.3) is 0 Å². The normalized spacial score (nSPS) is 12.1. The van der Waals surface area contributed by atoms with Crippen molar-refractivity contribution in [2.75, 3.05) is 19.0 Å². The van der Waals surface area contributed by atoms with Crippen LogP contribution in [0, 0.1) is 0 Å². The number of nitrogens with one attached hydrogen (secondary N) is 4. The molecule has 1 rings (SSSR count). The average molecular weight is 450 g/mol. The maximum Gasteiger partial charge on any atom is 0.341 e. The zero-order valence-corrected chi connectivity index (χ0v) is 18.6. The van der Waals surface area contributed by atoms with Crippen molar-refractivity contribution in [3.8, 4) is 5.75 Å². The van der Waals surface area contributed by atoms with E-state index in [0.717, 1.165) is 0 Å². The minimum absolute atomic E-state index is 0.0579. The van der Waals surface area contributed by atoms with Crippen LogP contribution in [0.15, 0.2) is 18.2 Å². The Morgan fingerprint density at radius 3 is 2.25 bits per heavy atom. The number of esters is 1. The van der Waals surface area contributed by atoms with Crippen LogP contribution in [0.2, 0.25) is 0 Å². The summed E-state index contributed by atoms with van der Waals surface area (Å²) in [4.78, 5) is 58.9. The van der Waals surface area contributed by atoms with E-state index in [2.05, 4.69) is 26.0 Å². The summed E-state index contributed by atoms with van der Waals surface area (Å²) < 4.78 is 4.56. The van der Waals surface area contributed by atoms with Crippen LogP contribution < -0.4 is 21.3 Å². The highest BCUT2D eigenvalue weighted by Crippen LogP contribution is 2.23. The highest BCUT2D eigenvalue weighted by atomic mass is 16.5. The number of methoxy groups -OCH3 is 1. The lowest BCUT2D eigenvalue weighted by atomic mass is 10.1. The van der Waals surface area contributed by atoms with Gasteiger partial charge < -0.3 is 31.1 Å². The molecule has 0 saturated carbocycles. The number of phenols is 1. The molecule has 0 heterocycles. The maximum atomic E-state index is 12.8. The summed E-state index contributed by atoms with van der Waals surface area (Å²) in [7, 11) is 1.18. The van der Waals surface area contributed by atoms with E-state index in [1.807, 2.05) is 0 Å². The molecule has 0 aromatic heterocycles. The molecule has 0 fully saturated rings. The predicted octanol–water partition coefficient (Wildman–Crippen LogP) is 0.433. The molecule has 11 heteroatoms. The molecular formula is C21H30N4O7. The fourth-order valence-corrected chi connectivity index (χ4v) is 2.80. The minimum atomic E-state index is -0.932. The van der Waals surface area contributed by atoms with E-state index in [1.165, 1.54) is 46.1 Å². The fraction of sp³-hybridized carbons (Fsp3) is 0.476. The first kappa shape index (κ1) is 26.4. The van der Waals surface area contributed by atoms with Gasteiger partial charge in [0.2, 0.25) is 23.6 Å². The van der Waals surface area contributed by atoms with Gasteiger partial charge in [0.05, 0.1) is 7.11 Å². The summed E-state index contributed by atoms with van der Waals surface area (Å²) in [5, 5.41) is 20.3. The Balaban J connectivity index is 2.86. The van der Waals surface area contributed by atoms with Gasteiger partial charge in [-0.25, -0.2) is 4.79 Å². The first-order valence-electron chi connectivity index (χ1n) is 10.1. The molecule has 4 amide bonds. The largest absolute Gasteiger partial charge is 0.507 e. The van der Waals surface area contributed by atoms with Gasteiger partial charge in [-0.2, -0.15) is 0 Å². The summed E-state index contributed by atoms with van der Waals surface area (Å²) >= 11 is 0. The molecule has 0 bridgehead atoms. The summed E-state index contributed by atoms with van der Waals surface area (Å²) in [6, 6.07) is 2.14. The molecule has 0 aliphatic heterocycles. The van der Waals surface area contributed by atoms with E-state index >= 15 is 0 Å². The molecule has 1 aromatic carbocycles. The molecule has 11 nitrogen and oxygen atoms in total. The Morgan fingerprint density at radius 1 is 1.00 bits per heavy atom. The van der Waals surface area contributed by atoms with Crippen molar-refractivity contribution >= 4 is 35.3 Å². The molecule has 0 unspecified atom stereocenters. The van der Waals surface area contributed by atoms with Crippen molar-refractivity contribution in [1.82, 2.24) is 16.0 Å². The van der Waals surface area contributed by atoms with Crippen LogP contribution in [-0.2, 0) is 23.9 Å². The smallest absolute Gasteiger partial charge is 0.341 e. The summed E-state index contributed by atoms with van der Waals surface area (Å²) in [5.41, 5.74) is 0.157. The second kappa shape index (κ2) is 12.9. The standard InChI is InChI=1S/C21H30N4O7/c1-12(23-14(3)27)19(29)25-17(7-5-6-10-22-13(2)26)20(30)24-15-8-9-16(18(28)11-15)21(31)32-4/h8-9,11-12,17,28H,5-7,10H2,1-4H3,(H,22,26)(H,23,27)(H,24,30)(H,25,29)/t12-,17-/m0/s1. The van der Waals surface area contributed by atoms with Gasteiger partial charge in [-0.05, 0) is 38.3 Å². The lowest BCUT2D eigenvalue weighted by Gasteiger charge is -2.21. The number of phenolic OH excluding ortho intramolecular Hbond substituents is 1. The van der Waals surface area contributed by atoms with E-state index in [-0.39, 0.29) is 35.2 Å². The Morgan fingerprint density at radius 2 is 1.69 bits per heavy atom. The van der Waals surface area contributed by atoms with Crippen LogP contribution in [0.3, 0.4) is 0 Å². The van der Waals surface area contributed by atoms with Gasteiger partial charge in [-0.15, -0.1) is 0 Å². The van der Waals surface area contributed by atoms with Crippen molar-refractivity contribution in [2.45, 2.75) is 52.1 Å². The molecule has 0 aliphatic carbocycles. The second-order valence-electron chi connectivity index (χ2n) is 7.17. The Hall–Kier alpha value is -3.63. The number of rotatable bonds is 11. The highest BCUT2D eigenvalue weighted by molar-refractivity contribution is 5.99. The van der Waals surface area contributed by atoms with E-state index in [9.17, 15) is 29.1 Å². The molecule has 5 N–H and O–H groups in total. The number of benzene rings is 1. The maximum absolute atomic E-state index is 12.8. The van der Waals surface area contributed by atoms with Crippen molar-refractivity contribution in [3.05, 3.63) is 23.8 Å². The molecule has 0 aliphatic rings. The number of carbonyl (C=O) groups excluding carboxylic acids is 5. The van der Waals surface area contributed by atoms with Crippen molar-refractivity contribution in [3.63, 3.8) is 0 Å². The lowest BCUT2D eigenvalue weighted by Crippen LogP contribution is -2.51. The molecule has 0 saturated heterocycles. The van der Waals surface area contributed by atoms with Crippen LogP contribution >= 0.6 is 0 Å².